The van der Waals surface area contributed by atoms with Crippen LogP contribution < -0.4 is 10.3 Å². The molecule has 1 N–H and O–H groups in total. The lowest BCUT2D eigenvalue weighted by Gasteiger charge is -2.23. The molecule has 31 heavy (non-hydrogen) atoms. The SMILES string of the molecule is O=C(O)C1(Cc2ccn(CCOc3ccc(C4CCCCC4)cc3)c(=O)c2)CCCO1. The monoisotopic (exact) mass is 425 g/mol. The summed E-state index contributed by atoms with van der Waals surface area (Å²) in [7, 11) is 0. The number of ether oxygens (including phenoxy) is 2. The predicted molar refractivity (Wildman–Crippen MR) is 118 cm³/mol. The summed E-state index contributed by atoms with van der Waals surface area (Å²) in [5, 5.41) is 9.54. The summed E-state index contributed by atoms with van der Waals surface area (Å²) in [6, 6.07) is 11.7. The molecule has 1 atom stereocenters. The van der Waals surface area contributed by atoms with Crippen molar-refractivity contribution in [3.8, 4) is 5.75 Å². The van der Waals surface area contributed by atoms with Crippen molar-refractivity contribution in [3.63, 3.8) is 0 Å². The Hall–Kier alpha value is -2.60. The molecule has 0 radical (unpaired) electrons. The first-order valence-corrected chi connectivity index (χ1v) is 11.4. The van der Waals surface area contributed by atoms with Crippen molar-refractivity contribution in [1.82, 2.24) is 4.57 Å². The molecule has 6 heteroatoms. The number of nitrogens with zero attached hydrogens (tertiary/aromatic N) is 1. The molecule has 6 nitrogen and oxygen atoms in total. The smallest absolute Gasteiger partial charge is 0.336 e. The number of aromatic nitrogens is 1. The van der Waals surface area contributed by atoms with E-state index in [1.54, 1.807) is 16.8 Å². The molecule has 166 valence electrons. The van der Waals surface area contributed by atoms with Gasteiger partial charge in [0.05, 0.1) is 6.54 Å². The van der Waals surface area contributed by atoms with Gasteiger partial charge in [-0.05, 0) is 60.9 Å². The molecule has 1 aliphatic heterocycles. The number of rotatable bonds is 8. The molecule has 4 rings (SSSR count). The highest BCUT2D eigenvalue weighted by atomic mass is 16.5. The van der Waals surface area contributed by atoms with Crippen LogP contribution in [0.15, 0.2) is 47.4 Å². The highest BCUT2D eigenvalue weighted by molar-refractivity contribution is 5.78. The average molecular weight is 426 g/mol. The van der Waals surface area contributed by atoms with Crippen LogP contribution in [0.4, 0.5) is 0 Å². The van der Waals surface area contributed by atoms with E-state index in [4.69, 9.17) is 9.47 Å². The van der Waals surface area contributed by atoms with Crippen molar-refractivity contribution in [3.05, 3.63) is 64.1 Å². The van der Waals surface area contributed by atoms with Crippen molar-refractivity contribution >= 4 is 5.97 Å². The van der Waals surface area contributed by atoms with Gasteiger partial charge < -0.3 is 19.1 Å². The minimum atomic E-state index is -1.20. The van der Waals surface area contributed by atoms with E-state index in [2.05, 4.69) is 12.1 Å². The third-order valence-electron chi connectivity index (χ3n) is 6.60. The lowest BCUT2D eigenvalue weighted by molar-refractivity contribution is -0.159. The number of benzene rings is 1. The molecule has 1 aromatic carbocycles. The summed E-state index contributed by atoms with van der Waals surface area (Å²) in [5.41, 5.74) is 0.715. The lowest BCUT2D eigenvalue weighted by Crippen LogP contribution is -2.40. The number of aliphatic carboxylic acids is 1. The first kappa shape index (κ1) is 21.6. The summed E-state index contributed by atoms with van der Waals surface area (Å²) in [6.07, 6.45) is 9.66. The summed E-state index contributed by atoms with van der Waals surface area (Å²) in [6.45, 7) is 1.27. The van der Waals surface area contributed by atoms with Gasteiger partial charge in [0.15, 0.2) is 5.60 Å². The predicted octanol–water partition coefficient (Wildman–Crippen LogP) is 4.15. The van der Waals surface area contributed by atoms with Crippen LogP contribution in [-0.4, -0.2) is 34.5 Å². The van der Waals surface area contributed by atoms with Gasteiger partial charge in [0.25, 0.3) is 5.56 Å². The third kappa shape index (κ3) is 5.18. The van der Waals surface area contributed by atoms with Crippen molar-refractivity contribution < 1.29 is 19.4 Å². The van der Waals surface area contributed by atoms with E-state index in [0.717, 1.165) is 12.2 Å². The molecule has 1 unspecified atom stereocenters. The van der Waals surface area contributed by atoms with Crippen LogP contribution in [-0.2, 0) is 22.5 Å². The summed E-state index contributed by atoms with van der Waals surface area (Å²) >= 11 is 0. The number of pyridine rings is 1. The number of carboxylic acids is 1. The zero-order chi connectivity index (χ0) is 21.7. The number of carboxylic acid groups (broad SMARTS) is 1. The van der Waals surface area contributed by atoms with E-state index in [0.29, 0.717) is 37.7 Å². The highest BCUT2D eigenvalue weighted by Crippen LogP contribution is 2.33. The van der Waals surface area contributed by atoms with Gasteiger partial charge in [-0.1, -0.05) is 31.4 Å². The van der Waals surface area contributed by atoms with Gasteiger partial charge in [0, 0.05) is 25.3 Å². The summed E-state index contributed by atoms with van der Waals surface area (Å²) in [4.78, 5) is 24.1. The minimum absolute atomic E-state index is 0.160. The zero-order valence-electron chi connectivity index (χ0n) is 17.9. The van der Waals surface area contributed by atoms with Crippen LogP contribution in [0.1, 0.15) is 62.0 Å². The maximum Gasteiger partial charge on any atom is 0.336 e. The molecular formula is C25H31NO5. The standard InChI is InChI=1S/C25H31NO5/c27-23-17-19(18-25(24(28)29)12-4-15-31-25)11-13-26(23)14-16-30-22-9-7-21(8-10-22)20-5-2-1-3-6-20/h7-11,13,17,20H,1-6,12,14-16,18H2,(H,28,29). The second-order valence-electron chi connectivity index (χ2n) is 8.75. The van der Waals surface area contributed by atoms with Crippen LogP contribution in [0.5, 0.6) is 5.75 Å². The number of carbonyl (C=O) groups is 1. The maximum atomic E-state index is 12.5. The van der Waals surface area contributed by atoms with Crippen LogP contribution in [0.2, 0.25) is 0 Å². The molecule has 1 aromatic heterocycles. The molecule has 2 aromatic rings. The number of hydrogen-bond acceptors (Lipinski definition) is 4. The van der Waals surface area contributed by atoms with Crippen LogP contribution >= 0.6 is 0 Å². The molecule has 0 bridgehead atoms. The normalized spacial score (nSPS) is 21.8. The quantitative estimate of drug-likeness (QED) is 0.687. The maximum absolute atomic E-state index is 12.5. The molecule has 1 saturated heterocycles. The first-order valence-electron chi connectivity index (χ1n) is 11.4. The molecule has 0 spiro atoms. The Bertz CT molecular complexity index is 937. The Morgan fingerprint density at radius 1 is 1.13 bits per heavy atom. The Labute approximate surface area is 182 Å². The van der Waals surface area contributed by atoms with E-state index >= 15 is 0 Å². The van der Waals surface area contributed by atoms with Gasteiger partial charge >= 0.3 is 5.97 Å². The van der Waals surface area contributed by atoms with E-state index in [9.17, 15) is 14.7 Å². The average Bonchev–Trinajstić information content (AvgIpc) is 3.26. The molecule has 0 amide bonds. The Morgan fingerprint density at radius 2 is 1.90 bits per heavy atom. The fraction of sp³-hybridized carbons (Fsp3) is 0.520. The van der Waals surface area contributed by atoms with Gasteiger partial charge in [-0.2, -0.15) is 0 Å². The Morgan fingerprint density at radius 3 is 2.55 bits per heavy atom. The van der Waals surface area contributed by atoms with Crippen LogP contribution in [0, 0.1) is 0 Å². The first-order chi connectivity index (χ1) is 15.1. The molecule has 2 fully saturated rings. The second-order valence-corrected chi connectivity index (χ2v) is 8.75. The van der Waals surface area contributed by atoms with Gasteiger partial charge in [-0.25, -0.2) is 4.79 Å². The highest BCUT2D eigenvalue weighted by Gasteiger charge is 2.43. The molecular weight excluding hydrogens is 394 g/mol. The van der Waals surface area contributed by atoms with Gasteiger partial charge in [-0.15, -0.1) is 0 Å². The molecule has 2 heterocycles. The fourth-order valence-electron chi connectivity index (χ4n) is 4.79. The van der Waals surface area contributed by atoms with Crippen molar-refractivity contribution in [1.29, 1.82) is 0 Å². The van der Waals surface area contributed by atoms with Gasteiger partial charge in [-0.3, -0.25) is 4.79 Å². The van der Waals surface area contributed by atoms with Crippen molar-refractivity contribution in [2.24, 2.45) is 0 Å². The van der Waals surface area contributed by atoms with Crippen LogP contribution in [0.3, 0.4) is 0 Å². The van der Waals surface area contributed by atoms with Gasteiger partial charge in [0.1, 0.15) is 12.4 Å². The molecule has 1 saturated carbocycles. The topological polar surface area (TPSA) is 77.8 Å². The third-order valence-corrected chi connectivity index (χ3v) is 6.60. The fourth-order valence-corrected chi connectivity index (χ4v) is 4.79. The molecule has 2 aliphatic rings. The molecule has 1 aliphatic carbocycles. The van der Waals surface area contributed by atoms with Gasteiger partial charge in [0.2, 0.25) is 0 Å². The van der Waals surface area contributed by atoms with Crippen LogP contribution in [0.25, 0.3) is 0 Å². The van der Waals surface area contributed by atoms with Crippen molar-refractivity contribution in [2.45, 2.75) is 69.4 Å². The van der Waals surface area contributed by atoms with E-state index < -0.39 is 11.6 Å². The zero-order valence-corrected chi connectivity index (χ0v) is 17.9. The minimum Gasteiger partial charge on any atom is -0.492 e. The van der Waals surface area contributed by atoms with E-state index in [1.807, 2.05) is 12.1 Å². The number of hydrogen-bond donors (Lipinski definition) is 1. The Balaban J connectivity index is 1.31. The lowest BCUT2D eigenvalue weighted by atomic mass is 9.84. The van der Waals surface area contributed by atoms with E-state index in [1.165, 1.54) is 43.7 Å². The van der Waals surface area contributed by atoms with Crippen molar-refractivity contribution in [2.75, 3.05) is 13.2 Å². The summed E-state index contributed by atoms with van der Waals surface area (Å²) in [5.74, 6) is 0.526. The summed E-state index contributed by atoms with van der Waals surface area (Å²) < 4.78 is 12.9. The van der Waals surface area contributed by atoms with E-state index in [-0.39, 0.29) is 12.0 Å². The second kappa shape index (κ2) is 9.69. The largest absolute Gasteiger partial charge is 0.492 e. The Kier molecular flexibility index (Phi) is 6.76.